The topological polar surface area (TPSA) is 57.5 Å². The molecule has 0 aromatic carbocycles. The van der Waals surface area contributed by atoms with E-state index >= 15 is 0 Å². The molecule has 0 aromatic rings. The minimum Gasteiger partial charge on any atom is -1.00 e. The van der Waals surface area contributed by atoms with Gasteiger partial charge in [-0.3, -0.25) is 0 Å². The van der Waals surface area contributed by atoms with Crippen molar-refractivity contribution in [2.24, 2.45) is 0 Å². The van der Waals surface area contributed by atoms with E-state index in [1.165, 1.54) is 90.4 Å². The summed E-state index contributed by atoms with van der Waals surface area (Å²) in [7, 11) is 0. The van der Waals surface area contributed by atoms with Gasteiger partial charge in [-0.15, -0.1) is 0 Å². The molecule has 0 fully saturated rings. The first-order valence-corrected chi connectivity index (χ1v) is 10.5. The van der Waals surface area contributed by atoms with Crippen molar-refractivity contribution in [3.63, 3.8) is 0 Å². The Labute approximate surface area is 219 Å². The van der Waals surface area contributed by atoms with Crippen molar-refractivity contribution in [1.82, 2.24) is 0 Å². The fourth-order valence-corrected chi connectivity index (χ4v) is 3.12. The third kappa shape index (κ3) is 22.0. The van der Waals surface area contributed by atoms with Crippen molar-refractivity contribution in [1.29, 1.82) is 0 Å². The van der Waals surface area contributed by atoms with Crippen molar-refractivity contribution in [2.45, 2.75) is 129 Å². The summed E-state index contributed by atoms with van der Waals surface area (Å²) in [6, 6.07) is 0. The van der Waals surface area contributed by atoms with Gasteiger partial charge in [-0.2, -0.15) is 0 Å². The third-order valence-electron chi connectivity index (χ3n) is 4.98. The molecule has 0 saturated heterocycles. The van der Waals surface area contributed by atoms with Crippen LogP contribution in [0.5, 0.6) is 0 Å². The maximum Gasteiger partial charge on any atom is 2.00 e. The maximum atomic E-state index is 10.8. The van der Waals surface area contributed by atoms with Crippen LogP contribution in [0.1, 0.15) is 127 Å². The molecule has 0 radical (unpaired) electrons. The normalized spacial score (nSPS) is 12.7. The molecule has 5 heteroatoms. The quantitative estimate of drug-likeness (QED) is 0.270. The van der Waals surface area contributed by atoms with Gasteiger partial charge in [0.2, 0.25) is 0 Å². The molecule has 150 valence electrons. The number of aliphatic hydroxyl groups is 1. The Bertz CT molecular complexity index is 313. The van der Waals surface area contributed by atoms with E-state index < -0.39 is 11.6 Å². The summed E-state index contributed by atoms with van der Waals surface area (Å²) < 4.78 is 0. The fraction of sp³-hybridized carbons (Fsp3) is 0.952. The summed E-state index contributed by atoms with van der Waals surface area (Å²) in [5.41, 5.74) is -1.55. The van der Waals surface area contributed by atoms with Gasteiger partial charge in [-0.1, -0.05) is 103 Å². The van der Waals surface area contributed by atoms with Crippen molar-refractivity contribution >= 4 is 43.7 Å². The van der Waals surface area contributed by atoms with E-state index in [0.29, 0.717) is 6.42 Å². The van der Waals surface area contributed by atoms with Gasteiger partial charge >= 0.3 is 73.3 Å². The average molecular weight is 409 g/mol. The summed E-state index contributed by atoms with van der Waals surface area (Å²) in [6.45, 7) is 3.66. The Hall–Kier alpha value is 1.69. The maximum absolute atomic E-state index is 10.8. The van der Waals surface area contributed by atoms with Gasteiger partial charge in [-0.05, 0) is 19.8 Å². The van der Waals surface area contributed by atoms with E-state index in [0.717, 1.165) is 19.3 Å². The Morgan fingerprint density at radius 1 is 0.731 bits per heavy atom. The van der Waals surface area contributed by atoms with Crippen LogP contribution in [-0.2, 0) is 4.79 Å². The Morgan fingerprint density at radius 3 is 1.27 bits per heavy atom. The smallest absolute Gasteiger partial charge is 1.00 e. The molecule has 0 aliphatic carbocycles. The Balaban J connectivity index is -0.000000264. The zero-order valence-corrected chi connectivity index (χ0v) is 22.2. The van der Waals surface area contributed by atoms with Gasteiger partial charge in [0.05, 0.1) is 0 Å². The molecule has 0 aromatic heterocycles. The number of carboxylic acids is 1. The minimum atomic E-state index is -1.55. The third-order valence-corrected chi connectivity index (χ3v) is 4.98. The van der Waals surface area contributed by atoms with Crippen molar-refractivity contribution < 1.29 is 48.8 Å². The van der Waals surface area contributed by atoms with Crippen molar-refractivity contribution in [3.05, 3.63) is 0 Å². The largest absolute Gasteiger partial charge is 2.00 e. The second-order valence-electron chi connectivity index (χ2n) is 7.63. The average Bonchev–Trinajstić information content (AvgIpc) is 2.54. The first kappa shape index (κ1) is 32.4. The van der Waals surface area contributed by atoms with Crippen LogP contribution in [0.2, 0.25) is 0 Å². The van der Waals surface area contributed by atoms with Crippen LogP contribution in [0.25, 0.3) is 0 Å². The molecule has 0 saturated carbocycles. The molecule has 1 unspecified atom stereocenters. The molecule has 0 amide bonds. The van der Waals surface area contributed by atoms with E-state index in [-0.39, 0.29) is 71.6 Å². The molecular weight excluding hydrogens is 363 g/mol. The Morgan fingerprint density at radius 2 is 1.00 bits per heavy atom. The molecule has 1 atom stereocenters. The molecule has 0 rings (SSSR count). The molecule has 0 bridgehead atoms. The number of unbranched alkanes of at least 4 members (excludes halogenated alkanes) is 15. The second-order valence-corrected chi connectivity index (χ2v) is 7.63. The summed E-state index contributed by atoms with van der Waals surface area (Å²) in [5.74, 6) is -1.11. The van der Waals surface area contributed by atoms with Crippen LogP contribution in [0, 0.1) is 0 Å². The fourth-order valence-electron chi connectivity index (χ4n) is 3.12. The minimum absolute atomic E-state index is 0. The van der Waals surface area contributed by atoms with Gasteiger partial charge in [0.15, 0.2) is 5.60 Å². The van der Waals surface area contributed by atoms with Gasteiger partial charge in [0.25, 0.3) is 0 Å². The van der Waals surface area contributed by atoms with Gasteiger partial charge < -0.3 is 14.5 Å². The predicted molar refractivity (Wildman–Crippen MR) is 112 cm³/mol. The monoisotopic (exact) mass is 408 g/mol. The first-order chi connectivity index (χ1) is 11.5. The first-order valence-electron chi connectivity index (χ1n) is 10.5. The SMILES string of the molecule is CCCCCCCCCCCCCCCCCCC(C)(O)C(=O)O.[Ca+2].[H-].[H-].[H-].[Na+]. The van der Waals surface area contributed by atoms with E-state index in [1.54, 1.807) is 0 Å². The zero-order valence-electron chi connectivity index (χ0n) is 21.0. The summed E-state index contributed by atoms with van der Waals surface area (Å²) in [5, 5.41) is 18.4. The number of carbonyl (C=O) groups is 1. The molecule has 0 aliphatic heterocycles. The molecular formula is C21H45CaNaO3. The van der Waals surface area contributed by atoms with Crippen molar-refractivity contribution in [3.8, 4) is 0 Å². The molecule has 2 N–H and O–H groups in total. The van der Waals surface area contributed by atoms with Gasteiger partial charge in [-0.25, -0.2) is 4.79 Å². The molecule has 0 spiro atoms. The van der Waals surface area contributed by atoms with E-state index in [4.69, 9.17) is 5.11 Å². The van der Waals surface area contributed by atoms with Crippen LogP contribution >= 0.6 is 0 Å². The van der Waals surface area contributed by atoms with E-state index in [1.807, 2.05) is 0 Å². The van der Waals surface area contributed by atoms with Crippen molar-refractivity contribution in [2.75, 3.05) is 0 Å². The van der Waals surface area contributed by atoms with Gasteiger partial charge in [0.1, 0.15) is 0 Å². The number of hydrogen-bond acceptors (Lipinski definition) is 2. The summed E-state index contributed by atoms with van der Waals surface area (Å²) >= 11 is 0. The van der Waals surface area contributed by atoms with Crippen LogP contribution in [0.3, 0.4) is 0 Å². The molecule has 26 heavy (non-hydrogen) atoms. The number of aliphatic carboxylic acids is 1. The summed E-state index contributed by atoms with van der Waals surface area (Å²) in [6.07, 6.45) is 21.2. The van der Waals surface area contributed by atoms with Crippen LogP contribution in [0.15, 0.2) is 0 Å². The molecule has 0 heterocycles. The number of hydrogen-bond donors (Lipinski definition) is 2. The van der Waals surface area contributed by atoms with Crippen LogP contribution < -0.4 is 29.6 Å². The standard InChI is InChI=1S/C21H42O3.Ca.Na.3H/c1-3-4-5-6-7-8-9-10-11-12-13-14-15-16-17-18-19-21(2,24)20(22)23;;;;;/h24H,3-19H2,1-2H3,(H,22,23);;;;;/q;+2;+1;3*-1. The molecule has 0 aliphatic rings. The van der Waals surface area contributed by atoms with Crippen LogP contribution in [-0.4, -0.2) is 59.5 Å². The summed E-state index contributed by atoms with van der Waals surface area (Å²) in [4.78, 5) is 10.8. The zero-order chi connectivity index (χ0) is 18.1. The molecule has 3 nitrogen and oxygen atoms in total. The Kier molecular flexibility index (Phi) is 28.6. The van der Waals surface area contributed by atoms with Gasteiger partial charge in [0, 0.05) is 0 Å². The van der Waals surface area contributed by atoms with E-state index in [2.05, 4.69) is 6.92 Å². The number of carboxylic acid groups (broad SMARTS) is 1. The second kappa shape index (κ2) is 23.0. The van der Waals surface area contributed by atoms with E-state index in [9.17, 15) is 9.90 Å². The number of rotatable bonds is 18. The van der Waals surface area contributed by atoms with Crippen LogP contribution in [0.4, 0.5) is 0 Å². The predicted octanol–water partition coefficient (Wildman–Crippen LogP) is 3.43.